The number of methoxy groups -OCH3 is 3. The fraction of sp³-hybridized carbons (Fsp3) is 0.800. The van der Waals surface area contributed by atoms with Gasteiger partial charge in [0.15, 0.2) is 0 Å². The second-order valence-corrected chi connectivity index (χ2v) is 6.73. The van der Waals surface area contributed by atoms with Crippen molar-refractivity contribution in [2.24, 2.45) is 22.2 Å². The molecule has 3 saturated carbocycles. The molecule has 7 heteroatoms. The van der Waals surface area contributed by atoms with Crippen molar-refractivity contribution in [1.29, 1.82) is 0 Å². The fourth-order valence-electron chi connectivity index (χ4n) is 6.28. The van der Waals surface area contributed by atoms with Crippen LogP contribution in [0.25, 0.3) is 0 Å². The summed E-state index contributed by atoms with van der Waals surface area (Å²) in [6, 6.07) is 0. The maximum absolute atomic E-state index is 12.6. The summed E-state index contributed by atoms with van der Waals surface area (Å²) in [6.07, 6.45) is -0.300. The van der Waals surface area contributed by atoms with Crippen molar-refractivity contribution in [3.63, 3.8) is 0 Å². The molecule has 6 atom stereocenters. The number of carbonyl (C=O) groups is 3. The van der Waals surface area contributed by atoms with Crippen LogP contribution in [0.1, 0.15) is 13.3 Å². The van der Waals surface area contributed by atoms with Crippen LogP contribution in [0.15, 0.2) is 0 Å². The summed E-state index contributed by atoms with van der Waals surface area (Å²) < 4.78 is 21.3. The van der Waals surface area contributed by atoms with Crippen LogP contribution in [-0.2, 0) is 33.3 Å². The van der Waals surface area contributed by atoms with E-state index in [1.54, 1.807) is 0 Å². The molecule has 3 aliphatic carbocycles. The van der Waals surface area contributed by atoms with Gasteiger partial charge >= 0.3 is 11.9 Å². The maximum atomic E-state index is 12.6. The van der Waals surface area contributed by atoms with Crippen molar-refractivity contribution in [1.82, 2.24) is 0 Å². The Balaban J connectivity index is 1.88. The van der Waals surface area contributed by atoms with Gasteiger partial charge in [-0.25, -0.2) is 0 Å². The van der Waals surface area contributed by atoms with Crippen LogP contribution in [0.3, 0.4) is 0 Å². The summed E-state index contributed by atoms with van der Waals surface area (Å²) in [5, 5.41) is 0. The van der Waals surface area contributed by atoms with Crippen LogP contribution < -0.4 is 0 Å². The molecular formula is C15H18O7. The lowest BCUT2D eigenvalue weighted by molar-refractivity contribution is -0.175. The van der Waals surface area contributed by atoms with Crippen LogP contribution in [0, 0.1) is 22.2 Å². The van der Waals surface area contributed by atoms with Gasteiger partial charge in [0, 0.05) is 19.4 Å². The lowest BCUT2D eigenvalue weighted by Crippen LogP contribution is -2.51. The van der Waals surface area contributed by atoms with Gasteiger partial charge < -0.3 is 18.9 Å². The van der Waals surface area contributed by atoms with Crippen LogP contribution >= 0.6 is 0 Å². The van der Waals surface area contributed by atoms with Crippen molar-refractivity contribution in [2.45, 2.75) is 25.0 Å². The molecule has 2 saturated heterocycles. The van der Waals surface area contributed by atoms with E-state index in [2.05, 4.69) is 0 Å². The molecule has 0 amide bonds. The van der Waals surface area contributed by atoms with Crippen LogP contribution in [0.2, 0.25) is 0 Å². The minimum atomic E-state index is -1.15. The van der Waals surface area contributed by atoms with E-state index in [4.69, 9.17) is 18.9 Å². The predicted octanol–water partition coefficient (Wildman–Crippen LogP) is -0.288. The van der Waals surface area contributed by atoms with E-state index in [9.17, 15) is 14.4 Å². The molecule has 0 aromatic heterocycles. The van der Waals surface area contributed by atoms with Gasteiger partial charge in [0.2, 0.25) is 0 Å². The molecule has 7 nitrogen and oxygen atoms in total. The zero-order valence-corrected chi connectivity index (χ0v) is 12.9. The van der Waals surface area contributed by atoms with Gasteiger partial charge in [0.25, 0.3) is 0 Å². The standard InChI is InChI=1S/C15H18O7/c1-7(16)5-13-12(6-19-2)8-9(22-13)14(8,10(17)20-3)15(12,13)11(18)21-4/h8-9H,5-6H2,1-4H3. The molecule has 5 fully saturated rings. The number of carbonyl (C=O) groups excluding carboxylic acids is 3. The smallest absolute Gasteiger partial charge is 0.316 e. The summed E-state index contributed by atoms with van der Waals surface area (Å²) in [5.41, 5.74) is -3.78. The summed E-state index contributed by atoms with van der Waals surface area (Å²) in [4.78, 5) is 36.8. The number of Topliss-reactive ketones (excluding diaryl/α,β-unsaturated/α-hetero) is 1. The molecule has 2 aliphatic heterocycles. The highest BCUT2D eigenvalue weighted by Gasteiger charge is 3.23. The Morgan fingerprint density at radius 2 is 1.73 bits per heavy atom. The molecule has 0 spiro atoms. The number of hydrogen-bond donors (Lipinski definition) is 0. The highest BCUT2D eigenvalue weighted by Crippen LogP contribution is 3.09. The monoisotopic (exact) mass is 310 g/mol. The van der Waals surface area contributed by atoms with E-state index in [0.717, 1.165) is 0 Å². The lowest BCUT2D eigenvalue weighted by Gasteiger charge is -2.36. The minimum absolute atomic E-state index is 0.0806. The molecule has 2 bridgehead atoms. The molecule has 0 aromatic rings. The van der Waals surface area contributed by atoms with E-state index in [1.165, 1.54) is 28.3 Å². The zero-order valence-electron chi connectivity index (χ0n) is 12.9. The first-order chi connectivity index (χ1) is 10.4. The van der Waals surface area contributed by atoms with Crippen LogP contribution in [0.5, 0.6) is 0 Å². The second kappa shape index (κ2) is 3.54. The highest BCUT2D eigenvalue weighted by atomic mass is 16.6. The molecule has 5 rings (SSSR count). The molecule has 2 heterocycles. The van der Waals surface area contributed by atoms with Gasteiger partial charge in [-0.15, -0.1) is 0 Å². The first kappa shape index (κ1) is 14.1. The van der Waals surface area contributed by atoms with Crippen LogP contribution in [0.4, 0.5) is 0 Å². The average molecular weight is 310 g/mol. The Hall–Kier alpha value is -1.47. The van der Waals surface area contributed by atoms with Crippen molar-refractivity contribution in [3.05, 3.63) is 0 Å². The van der Waals surface area contributed by atoms with E-state index in [0.29, 0.717) is 0 Å². The van der Waals surface area contributed by atoms with Crippen molar-refractivity contribution in [3.8, 4) is 0 Å². The normalized spacial score (nSPS) is 51.5. The highest BCUT2D eigenvalue weighted by molar-refractivity contribution is 6.06. The molecule has 0 aromatic carbocycles. The Morgan fingerprint density at radius 3 is 2.23 bits per heavy atom. The number of hydrogen-bond acceptors (Lipinski definition) is 7. The third-order valence-corrected chi connectivity index (χ3v) is 6.43. The third kappa shape index (κ3) is 0.836. The molecule has 0 radical (unpaired) electrons. The first-order valence-electron chi connectivity index (χ1n) is 7.23. The largest absolute Gasteiger partial charge is 0.468 e. The molecule has 0 N–H and O–H groups in total. The van der Waals surface area contributed by atoms with Crippen LogP contribution in [-0.4, -0.2) is 57.4 Å². The van der Waals surface area contributed by atoms with E-state index < -0.39 is 33.8 Å². The Labute approximate surface area is 127 Å². The molecular weight excluding hydrogens is 292 g/mol. The molecule has 120 valence electrons. The predicted molar refractivity (Wildman–Crippen MR) is 69.6 cm³/mol. The number of ketones is 1. The zero-order chi connectivity index (χ0) is 16.1. The quantitative estimate of drug-likeness (QED) is 0.623. The summed E-state index contributed by atoms with van der Waals surface area (Å²) in [5.74, 6) is -1.19. The van der Waals surface area contributed by atoms with E-state index in [-0.39, 0.29) is 30.8 Å². The number of ether oxygens (including phenoxy) is 4. The Kier molecular flexibility index (Phi) is 2.28. The molecule has 22 heavy (non-hydrogen) atoms. The first-order valence-corrected chi connectivity index (χ1v) is 7.23. The molecule has 5 aliphatic rings. The summed E-state index contributed by atoms with van der Waals surface area (Å²) in [6.45, 7) is 1.71. The van der Waals surface area contributed by atoms with Crippen molar-refractivity contribution in [2.75, 3.05) is 27.9 Å². The SMILES string of the molecule is COCC12C3C4OC1(CC(C)=O)C2(C(=O)OC)C43C(=O)OC. The number of rotatable bonds is 6. The maximum Gasteiger partial charge on any atom is 0.316 e. The summed E-state index contributed by atoms with van der Waals surface area (Å²) in [7, 11) is 4.12. The molecule has 6 unspecified atom stereocenters. The van der Waals surface area contributed by atoms with E-state index in [1.807, 2.05) is 0 Å². The lowest BCUT2D eigenvalue weighted by atomic mass is 9.64. The fourth-order valence-corrected chi connectivity index (χ4v) is 6.28. The minimum Gasteiger partial charge on any atom is -0.468 e. The topological polar surface area (TPSA) is 88.1 Å². The summed E-state index contributed by atoms with van der Waals surface area (Å²) >= 11 is 0. The van der Waals surface area contributed by atoms with Crippen molar-refractivity contribution >= 4 is 17.7 Å². The third-order valence-electron chi connectivity index (χ3n) is 6.43. The van der Waals surface area contributed by atoms with E-state index >= 15 is 0 Å². The van der Waals surface area contributed by atoms with Crippen molar-refractivity contribution < 1.29 is 33.3 Å². The van der Waals surface area contributed by atoms with Gasteiger partial charge in [0.05, 0.1) is 32.3 Å². The Morgan fingerprint density at radius 1 is 1.09 bits per heavy atom. The average Bonchev–Trinajstić information content (AvgIpc) is 3.08. The second-order valence-electron chi connectivity index (χ2n) is 6.73. The Bertz CT molecular complexity index is 629. The van der Waals surface area contributed by atoms with Gasteiger partial charge in [-0.05, 0) is 6.92 Å². The van der Waals surface area contributed by atoms with Gasteiger partial charge in [-0.3, -0.25) is 14.4 Å². The van der Waals surface area contributed by atoms with Gasteiger partial charge in [0.1, 0.15) is 22.2 Å². The number of esters is 2. The van der Waals surface area contributed by atoms with Gasteiger partial charge in [-0.1, -0.05) is 0 Å². The van der Waals surface area contributed by atoms with Gasteiger partial charge in [-0.2, -0.15) is 0 Å².